The van der Waals surface area contributed by atoms with Crippen molar-refractivity contribution in [2.45, 2.75) is 70.4 Å². The zero-order valence-corrected chi connectivity index (χ0v) is 10.8. The fourth-order valence-electron chi connectivity index (χ4n) is 3.28. The lowest BCUT2D eigenvalue weighted by Crippen LogP contribution is -2.52. The highest BCUT2D eigenvalue weighted by Gasteiger charge is 2.37. The molecule has 0 saturated heterocycles. The van der Waals surface area contributed by atoms with Gasteiger partial charge in [-0.3, -0.25) is 4.79 Å². The number of carbonyl (C=O) groups is 1. The number of aliphatic carboxylic acids is 1. The predicted octanol–water partition coefficient (Wildman–Crippen LogP) is 2.80. The molecule has 0 spiro atoms. The lowest BCUT2D eigenvalue weighted by Gasteiger charge is -2.38. The van der Waals surface area contributed by atoms with Crippen LogP contribution >= 0.6 is 0 Å². The Morgan fingerprint density at radius 3 is 2.24 bits per heavy atom. The summed E-state index contributed by atoms with van der Waals surface area (Å²) in [4.78, 5) is 11.0. The van der Waals surface area contributed by atoms with Crippen LogP contribution in [0.4, 0.5) is 0 Å². The molecule has 0 aromatic carbocycles. The predicted molar refractivity (Wildman–Crippen MR) is 67.9 cm³/mol. The molecule has 2 rings (SSSR count). The minimum atomic E-state index is -0.623. The molecular formula is C14H25NO2. The number of hydrogen-bond donors (Lipinski definition) is 2. The van der Waals surface area contributed by atoms with E-state index in [1.54, 1.807) is 0 Å². The molecule has 0 aromatic rings. The highest BCUT2D eigenvalue weighted by molar-refractivity contribution is 5.72. The Labute approximate surface area is 104 Å². The molecule has 2 aliphatic carbocycles. The summed E-state index contributed by atoms with van der Waals surface area (Å²) in [7, 11) is 0. The lowest BCUT2D eigenvalue weighted by atomic mass is 9.78. The van der Waals surface area contributed by atoms with E-state index in [2.05, 4.69) is 12.2 Å². The van der Waals surface area contributed by atoms with E-state index in [1.807, 2.05) is 0 Å². The quantitative estimate of drug-likeness (QED) is 0.742. The third-order valence-corrected chi connectivity index (χ3v) is 4.68. The van der Waals surface area contributed by atoms with E-state index in [-0.39, 0.29) is 12.0 Å². The van der Waals surface area contributed by atoms with E-state index < -0.39 is 5.97 Å². The molecule has 0 aliphatic heterocycles. The average molecular weight is 239 g/mol. The molecule has 0 heterocycles. The van der Waals surface area contributed by atoms with Crippen molar-refractivity contribution in [3.05, 3.63) is 0 Å². The minimum absolute atomic E-state index is 0.136. The number of carboxylic acid groups (broad SMARTS) is 1. The molecule has 3 heteroatoms. The van der Waals surface area contributed by atoms with E-state index >= 15 is 0 Å². The molecule has 2 unspecified atom stereocenters. The summed E-state index contributed by atoms with van der Waals surface area (Å²) in [6, 6.07) is 0.714. The first kappa shape index (κ1) is 12.9. The summed E-state index contributed by atoms with van der Waals surface area (Å²) in [5.74, 6) is -0.00223. The van der Waals surface area contributed by atoms with Gasteiger partial charge in [0.15, 0.2) is 0 Å². The van der Waals surface area contributed by atoms with Crippen LogP contribution in [0.3, 0.4) is 0 Å². The van der Waals surface area contributed by atoms with Gasteiger partial charge in [0.25, 0.3) is 0 Å². The molecule has 0 amide bonds. The van der Waals surface area contributed by atoms with Crippen LogP contribution < -0.4 is 5.32 Å². The van der Waals surface area contributed by atoms with Crippen LogP contribution in [0.5, 0.6) is 0 Å². The molecular weight excluding hydrogens is 214 g/mol. The van der Waals surface area contributed by atoms with Crippen molar-refractivity contribution in [2.75, 3.05) is 0 Å². The first-order valence-corrected chi connectivity index (χ1v) is 7.17. The van der Waals surface area contributed by atoms with Crippen LogP contribution in [-0.4, -0.2) is 23.2 Å². The van der Waals surface area contributed by atoms with Crippen molar-refractivity contribution in [1.82, 2.24) is 5.32 Å². The minimum Gasteiger partial charge on any atom is -0.481 e. The largest absolute Gasteiger partial charge is 0.481 e. The molecule has 2 saturated carbocycles. The molecule has 2 aliphatic rings. The van der Waals surface area contributed by atoms with E-state index in [0.29, 0.717) is 6.04 Å². The first-order chi connectivity index (χ1) is 8.18. The molecule has 3 nitrogen and oxygen atoms in total. The van der Waals surface area contributed by atoms with Gasteiger partial charge in [-0.25, -0.2) is 0 Å². The second kappa shape index (κ2) is 5.85. The van der Waals surface area contributed by atoms with Gasteiger partial charge in [0.1, 0.15) is 0 Å². The van der Waals surface area contributed by atoms with Gasteiger partial charge in [-0.15, -0.1) is 0 Å². The standard InChI is InChI=1S/C14H25NO2/c1-10(11-6-4-2-3-5-7-11)15-13-9-8-12(13)14(16)17/h10-13,15H,2-9H2,1H3,(H,16,17)/t10-,12?,13?/m1/s1. The van der Waals surface area contributed by atoms with Crippen molar-refractivity contribution >= 4 is 5.97 Å². The molecule has 98 valence electrons. The fraction of sp³-hybridized carbons (Fsp3) is 0.929. The van der Waals surface area contributed by atoms with E-state index in [4.69, 9.17) is 5.11 Å². The molecule has 17 heavy (non-hydrogen) atoms. The first-order valence-electron chi connectivity index (χ1n) is 7.17. The zero-order chi connectivity index (χ0) is 12.3. The Kier molecular flexibility index (Phi) is 4.43. The topological polar surface area (TPSA) is 49.3 Å². The molecule has 0 bridgehead atoms. The molecule has 2 N–H and O–H groups in total. The Balaban J connectivity index is 1.79. The Hall–Kier alpha value is -0.570. The van der Waals surface area contributed by atoms with Crippen LogP contribution in [0.1, 0.15) is 58.3 Å². The van der Waals surface area contributed by atoms with Gasteiger partial charge in [-0.05, 0) is 38.5 Å². The van der Waals surface area contributed by atoms with Gasteiger partial charge in [0.05, 0.1) is 5.92 Å². The highest BCUT2D eigenvalue weighted by Crippen LogP contribution is 2.31. The van der Waals surface area contributed by atoms with Crippen molar-refractivity contribution in [3.8, 4) is 0 Å². The summed E-state index contributed by atoms with van der Waals surface area (Å²) >= 11 is 0. The van der Waals surface area contributed by atoms with Crippen molar-refractivity contribution < 1.29 is 9.90 Å². The van der Waals surface area contributed by atoms with Gasteiger partial charge < -0.3 is 10.4 Å². The SMILES string of the molecule is C[C@@H](NC1CCC1C(=O)O)C1CCCCCC1. The van der Waals surface area contributed by atoms with E-state index in [0.717, 1.165) is 18.8 Å². The Morgan fingerprint density at radius 1 is 1.12 bits per heavy atom. The summed E-state index contributed by atoms with van der Waals surface area (Å²) in [5.41, 5.74) is 0. The summed E-state index contributed by atoms with van der Waals surface area (Å²) < 4.78 is 0. The number of hydrogen-bond acceptors (Lipinski definition) is 2. The normalized spacial score (nSPS) is 32.5. The van der Waals surface area contributed by atoms with Crippen molar-refractivity contribution in [2.24, 2.45) is 11.8 Å². The van der Waals surface area contributed by atoms with Gasteiger partial charge in [-0.1, -0.05) is 25.7 Å². The van der Waals surface area contributed by atoms with Gasteiger partial charge >= 0.3 is 5.97 Å². The molecule has 0 aromatic heterocycles. The monoisotopic (exact) mass is 239 g/mol. The van der Waals surface area contributed by atoms with Gasteiger partial charge in [-0.2, -0.15) is 0 Å². The van der Waals surface area contributed by atoms with Crippen molar-refractivity contribution in [1.29, 1.82) is 0 Å². The van der Waals surface area contributed by atoms with Crippen LogP contribution in [0, 0.1) is 11.8 Å². The van der Waals surface area contributed by atoms with E-state index in [1.165, 1.54) is 38.5 Å². The van der Waals surface area contributed by atoms with Crippen LogP contribution in [0.2, 0.25) is 0 Å². The average Bonchev–Trinajstić information content (AvgIpc) is 2.51. The van der Waals surface area contributed by atoms with Crippen LogP contribution in [0.15, 0.2) is 0 Å². The smallest absolute Gasteiger partial charge is 0.308 e. The van der Waals surface area contributed by atoms with Gasteiger partial charge in [0, 0.05) is 12.1 Å². The molecule has 3 atom stereocenters. The van der Waals surface area contributed by atoms with Crippen LogP contribution in [-0.2, 0) is 4.79 Å². The Morgan fingerprint density at radius 2 is 1.76 bits per heavy atom. The van der Waals surface area contributed by atoms with E-state index in [9.17, 15) is 4.79 Å². The maximum Gasteiger partial charge on any atom is 0.308 e. The van der Waals surface area contributed by atoms with Crippen LogP contribution in [0.25, 0.3) is 0 Å². The van der Waals surface area contributed by atoms with Gasteiger partial charge in [0.2, 0.25) is 0 Å². The maximum atomic E-state index is 11.0. The molecule has 0 radical (unpaired) electrons. The Bertz CT molecular complexity index is 259. The highest BCUT2D eigenvalue weighted by atomic mass is 16.4. The number of rotatable bonds is 4. The summed E-state index contributed by atoms with van der Waals surface area (Å²) in [5, 5.41) is 12.6. The fourth-order valence-corrected chi connectivity index (χ4v) is 3.28. The second-order valence-corrected chi connectivity index (χ2v) is 5.84. The third kappa shape index (κ3) is 3.21. The lowest BCUT2D eigenvalue weighted by molar-refractivity contribution is -0.146. The third-order valence-electron chi connectivity index (χ3n) is 4.68. The number of carboxylic acids is 1. The zero-order valence-electron chi connectivity index (χ0n) is 10.8. The summed E-state index contributed by atoms with van der Waals surface area (Å²) in [6.45, 7) is 2.24. The second-order valence-electron chi connectivity index (χ2n) is 5.84. The summed E-state index contributed by atoms with van der Waals surface area (Å²) in [6.07, 6.45) is 9.98. The maximum absolute atomic E-state index is 11.0. The number of nitrogens with one attached hydrogen (secondary N) is 1. The molecule has 2 fully saturated rings. The van der Waals surface area contributed by atoms with Crippen molar-refractivity contribution in [3.63, 3.8) is 0 Å².